The summed E-state index contributed by atoms with van der Waals surface area (Å²) in [7, 11) is 0. The largest absolute Gasteiger partial charge is 0.462 e. The first-order valence-electron chi connectivity index (χ1n) is 31.4. The van der Waals surface area contributed by atoms with Crippen molar-refractivity contribution >= 4 is 17.9 Å². The molecule has 0 amide bonds. The van der Waals surface area contributed by atoms with E-state index in [2.05, 4.69) is 130 Å². The third kappa shape index (κ3) is 60.8. The van der Waals surface area contributed by atoms with Crippen LogP contribution in [0.3, 0.4) is 0 Å². The highest BCUT2D eigenvalue weighted by Crippen LogP contribution is 2.16. The van der Waals surface area contributed by atoms with Gasteiger partial charge in [0.1, 0.15) is 13.2 Å². The number of esters is 3. The van der Waals surface area contributed by atoms with E-state index in [0.29, 0.717) is 19.3 Å². The molecule has 0 aromatic heterocycles. The Morgan fingerprint density at radius 1 is 0.280 bits per heavy atom. The molecule has 0 aliphatic heterocycles. The van der Waals surface area contributed by atoms with E-state index in [0.717, 1.165) is 122 Å². The van der Waals surface area contributed by atoms with E-state index in [9.17, 15) is 14.4 Å². The number of hydrogen-bond acceptors (Lipinski definition) is 6. The summed E-state index contributed by atoms with van der Waals surface area (Å²) >= 11 is 0. The maximum absolute atomic E-state index is 12.9. The van der Waals surface area contributed by atoms with Gasteiger partial charge < -0.3 is 14.2 Å². The molecule has 428 valence electrons. The number of hydrogen-bond donors (Lipinski definition) is 0. The van der Waals surface area contributed by atoms with Crippen molar-refractivity contribution in [3.63, 3.8) is 0 Å². The van der Waals surface area contributed by atoms with E-state index in [4.69, 9.17) is 14.2 Å². The maximum atomic E-state index is 12.9. The summed E-state index contributed by atoms with van der Waals surface area (Å²) in [6.45, 7) is 6.40. The molecule has 6 nitrogen and oxygen atoms in total. The lowest BCUT2D eigenvalue weighted by Crippen LogP contribution is -2.30. The highest BCUT2D eigenvalue weighted by molar-refractivity contribution is 5.71. The van der Waals surface area contributed by atoms with E-state index in [1.807, 2.05) is 0 Å². The number of allylic oxidation sites excluding steroid dienone is 18. The van der Waals surface area contributed by atoms with E-state index in [-0.39, 0.29) is 31.1 Å². The molecule has 0 aromatic carbocycles. The molecule has 6 heteroatoms. The molecule has 0 heterocycles. The standard InChI is InChI=1S/C69H116O6/c1-4-7-10-13-16-19-22-25-27-28-29-30-31-32-33-34-35-36-37-38-39-40-42-44-47-50-53-56-59-62-68(71)74-65-66(64-73-67(70)61-58-55-52-49-46-43-24-21-18-15-12-9-6-3)75-69(72)63-60-57-54-51-48-45-41-26-23-20-17-14-11-8-5-2/h7,9-10,12,16,18-19,21,25,27,29-30,32-33,35-36,43,46,66H,4-6,8,11,13-15,17,20,22-24,26,28,31,34,37-42,44-45,47-65H2,1-3H3/b10-7-,12-9-,19-16-,21-18-,27-25-,30-29-,33-32-,36-35-,46-43-. The Morgan fingerprint density at radius 2 is 0.520 bits per heavy atom. The number of rotatable bonds is 56. The minimum atomic E-state index is -0.791. The minimum Gasteiger partial charge on any atom is -0.462 e. The predicted octanol–water partition coefficient (Wildman–Crippen LogP) is 21.4. The fourth-order valence-electron chi connectivity index (χ4n) is 8.64. The average molecular weight is 1040 g/mol. The summed E-state index contributed by atoms with van der Waals surface area (Å²) in [5, 5.41) is 0. The van der Waals surface area contributed by atoms with Crippen molar-refractivity contribution < 1.29 is 28.6 Å². The molecule has 0 aliphatic rings. The van der Waals surface area contributed by atoms with E-state index in [1.54, 1.807) is 0 Å². The van der Waals surface area contributed by atoms with Gasteiger partial charge in [0.15, 0.2) is 6.10 Å². The molecule has 0 saturated carbocycles. The van der Waals surface area contributed by atoms with Gasteiger partial charge in [0.05, 0.1) is 0 Å². The average Bonchev–Trinajstić information content (AvgIpc) is 3.41. The van der Waals surface area contributed by atoms with Crippen LogP contribution >= 0.6 is 0 Å². The van der Waals surface area contributed by atoms with Crippen molar-refractivity contribution in [2.45, 2.75) is 297 Å². The van der Waals surface area contributed by atoms with Gasteiger partial charge in [-0.2, -0.15) is 0 Å². The van der Waals surface area contributed by atoms with Gasteiger partial charge in [-0.3, -0.25) is 14.4 Å². The van der Waals surface area contributed by atoms with Gasteiger partial charge in [0.25, 0.3) is 0 Å². The third-order valence-electron chi connectivity index (χ3n) is 13.3. The molecule has 0 aliphatic carbocycles. The van der Waals surface area contributed by atoms with Crippen LogP contribution in [0.1, 0.15) is 290 Å². The first-order valence-corrected chi connectivity index (χ1v) is 31.4. The lowest BCUT2D eigenvalue weighted by Gasteiger charge is -2.18. The van der Waals surface area contributed by atoms with Gasteiger partial charge in [0, 0.05) is 19.3 Å². The topological polar surface area (TPSA) is 78.9 Å². The van der Waals surface area contributed by atoms with Crippen molar-refractivity contribution in [1.82, 2.24) is 0 Å². The highest BCUT2D eigenvalue weighted by atomic mass is 16.6. The van der Waals surface area contributed by atoms with Crippen LogP contribution in [0.15, 0.2) is 109 Å². The summed E-state index contributed by atoms with van der Waals surface area (Å²) in [6, 6.07) is 0. The molecular weight excluding hydrogens is 925 g/mol. The van der Waals surface area contributed by atoms with Crippen molar-refractivity contribution in [3.05, 3.63) is 109 Å². The Balaban J connectivity index is 4.28. The number of carbonyl (C=O) groups excluding carboxylic acids is 3. The molecule has 0 fully saturated rings. The fourth-order valence-corrected chi connectivity index (χ4v) is 8.64. The van der Waals surface area contributed by atoms with Crippen LogP contribution in [0, 0.1) is 0 Å². The predicted molar refractivity (Wildman–Crippen MR) is 325 cm³/mol. The van der Waals surface area contributed by atoms with E-state index >= 15 is 0 Å². The van der Waals surface area contributed by atoms with Crippen molar-refractivity contribution in [3.8, 4) is 0 Å². The Morgan fingerprint density at radius 3 is 0.827 bits per heavy atom. The molecule has 75 heavy (non-hydrogen) atoms. The molecule has 1 atom stereocenters. The van der Waals surface area contributed by atoms with Crippen LogP contribution in [0.4, 0.5) is 0 Å². The van der Waals surface area contributed by atoms with Crippen LogP contribution in [0.2, 0.25) is 0 Å². The first kappa shape index (κ1) is 71.1. The van der Waals surface area contributed by atoms with Crippen molar-refractivity contribution in [2.24, 2.45) is 0 Å². The van der Waals surface area contributed by atoms with Crippen LogP contribution < -0.4 is 0 Å². The van der Waals surface area contributed by atoms with E-state index in [1.165, 1.54) is 128 Å². The van der Waals surface area contributed by atoms with Crippen LogP contribution in [0.25, 0.3) is 0 Å². The second kappa shape index (κ2) is 62.6. The first-order chi connectivity index (χ1) is 37.0. The summed E-state index contributed by atoms with van der Waals surface area (Å²) in [6.07, 6.45) is 85.3. The number of carbonyl (C=O) groups is 3. The Hall–Kier alpha value is -3.93. The van der Waals surface area contributed by atoms with Gasteiger partial charge in [0.2, 0.25) is 0 Å². The number of ether oxygens (including phenoxy) is 3. The van der Waals surface area contributed by atoms with Crippen molar-refractivity contribution in [2.75, 3.05) is 13.2 Å². The zero-order valence-electron chi connectivity index (χ0n) is 49.0. The minimum absolute atomic E-state index is 0.0882. The molecule has 0 bridgehead atoms. The fraction of sp³-hybridized carbons (Fsp3) is 0.696. The SMILES string of the molecule is CC/C=C\C/C=C\C/C=C\C/C=C\C/C=C\C/C=C\CCCCCCCCCCCCC(=O)OCC(COC(=O)CCCCC/C=C\C/C=C\C/C=C\CC)OC(=O)CCCCCCCCCCCCCCCCC. The van der Waals surface area contributed by atoms with Crippen LogP contribution in [-0.2, 0) is 28.6 Å². The normalized spacial score (nSPS) is 12.8. The third-order valence-corrected chi connectivity index (χ3v) is 13.3. The highest BCUT2D eigenvalue weighted by Gasteiger charge is 2.19. The summed E-state index contributed by atoms with van der Waals surface area (Å²) < 4.78 is 16.9. The molecule has 0 radical (unpaired) electrons. The number of unbranched alkanes of at least 4 members (excludes halogenated alkanes) is 27. The van der Waals surface area contributed by atoms with Gasteiger partial charge >= 0.3 is 17.9 Å². The van der Waals surface area contributed by atoms with Crippen LogP contribution in [0.5, 0.6) is 0 Å². The lowest BCUT2D eigenvalue weighted by molar-refractivity contribution is -0.167. The quantitative estimate of drug-likeness (QED) is 0.0261. The maximum Gasteiger partial charge on any atom is 0.306 e. The Labute approximate surface area is 463 Å². The molecule has 0 saturated heterocycles. The second-order valence-electron chi connectivity index (χ2n) is 20.6. The second-order valence-corrected chi connectivity index (χ2v) is 20.6. The van der Waals surface area contributed by atoms with Gasteiger partial charge in [-0.1, -0.05) is 278 Å². The molecule has 0 rings (SSSR count). The zero-order valence-corrected chi connectivity index (χ0v) is 49.0. The van der Waals surface area contributed by atoms with Gasteiger partial charge in [-0.25, -0.2) is 0 Å². The summed E-state index contributed by atoms with van der Waals surface area (Å²) in [5.41, 5.74) is 0. The molecule has 0 N–H and O–H groups in total. The Kier molecular flexibility index (Phi) is 59.3. The summed E-state index contributed by atoms with van der Waals surface area (Å²) in [4.78, 5) is 38.2. The molecule has 0 spiro atoms. The molecular formula is C69H116O6. The van der Waals surface area contributed by atoms with Gasteiger partial charge in [-0.15, -0.1) is 0 Å². The van der Waals surface area contributed by atoms with Crippen molar-refractivity contribution in [1.29, 1.82) is 0 Å². The van der Waals surface area contributed by atoms with Gasteiger partial charge in [-0.05, 0) is 103 Å². The zero-order chi connectivity index (χ0) is 54.3. The molecule has 1 unspecified atom stereocenters. The smallest absolute Gasteiger partial charge is 0.306 e. The lowest BCUT2D eigenvalue weighted by atomic mass is 10.0. The Bertz CT molecular complexity index is 1520. The van der Waals surface area contributed by atoms with E-state index < -0.39 is 6.10 Å². The summed E-state index contributed by atoms with van der Waals surface area (Å²) in [5.74, 6) is -0.915. The molecule has 0 aromatic rings. The van der Waals surface area contributed by atoms with Crippen LogP contribution in [-0.4, -0.2) is 37.2 Å². The monoisotopic (exact) mass is 1040 g/mol.